The zero-order valence-corrected chi connectivity index (χ0v) is 11.6. The minimum Gasteiger partial charge on any atom is -0.406 e. The Morgan fingerprint density at radius 2 is 2.00 bits per heavy atom. The van der Waals surface area contributed by atoms with Gasteiger partial charge in [-0.15, -0.1) is 13.2 Å². The Morgan fingerprint density at radius 3 is 2.57 bits per heavy atom. The van der Waals surface area contributed by atoms with Crippen LogP contribution in [0.5, 0.6) is 5.75 Å². The number of amides is 1. The Hall–Kier alpha value is -1.72. The van der Waals surface area contributed by atoms with Crippen LogP contribution in [0, 0.1) is 12.3 Å². The van der Waals surface area contributed by atoms with Crippen molar-refractivity contribution in [3.63, 3.8) is 0 Å². The lowest BCUT2D eigenvalue weighted by Crippen LogP contribution is -2.60. The zero-order chi connectivity index (χ0) is 15.3. The van der Waals surface area contributed by atoms with E-state index in [2.05, 4.69) is 4.74 Å². The van der Waals surface area contributed by atoms with Crippen LogP contribution in [-0.2, 0) is 4.79 Å². The molecule has 0 radical (unpaired) electrons. The van der Waals surface area contributed by atoms with Gasteiger partial charge in [-0.1, -0.05) is 12.1 Å². The Labute approximate surface area is 120 Å². The number of ether oxygens (including phenoxy) is 1. The van der Waals surface area contributed by atoms with Crippen LogP contribution in [0.4, 0.5) is 13.2 Å². The summed E-state index contributed by atoms with van der Waals surface area (Å²) in [5.41, 5.74) is 1.55. The molecule has 114 valence electrons. The normalized spacial score (nSPS) is 20.9. The number of aryl methyl sites for hydroxylation is 1. The molecule has 1 heterocycles. The molecule has 0 N–H and O–H groups in total. The molecule has 3 rings (SSSR count). The molecule has 1 aliphatic carbocycles. The van der Waals surface area contributed by atoms with Gasteiger partial charge in [-0.2, -0.15) is 0 Å². The number of halogens is 3. The molecule has 1 amide bonds. The van der Waals surface area contributed by atoms with Crippen LogP contribution in [0.3, 0.4) is 0 Å². The fraction of sp³-hybridized carbons (Fsp3) is 0.533. The van der Waals surface area contributed by atoms with Gasteiger partial charge >= 0.3 is 6.36 Å². The van der Waals surface area contributed by atoms with Gasteiger partial charge in [0.15, 0.2) is 0 Å². The third kappa shape index (κ3) is 2.71. The number of rotatable bonds is 3. The van der Waals surface area contributed by atoms with Gasteiger partial charge < -0.3 is 9.64 Å². The lowest BCUT2D eigenvalue weighted by molar-refractivity contribution is -0.274. The average molecular weight is 299 g/mol. The average Bonchev–Trinajstić information content (AvgIpc) is 2.28. The van der Waals surface area contributed by atoms with Gasteiger partial charge in [0, 0.05) is 18.5 Å². The molecule has 0 bridgehead atoms. The van der Waals surface area contributed by atoms with Gasteiger partial charge in [0.2, 0.25) is 6.41 Å². The highest BCUT2D eigenvalue weighted by Crippen LogP contribution is 2.56. The van der Waals surface area contributed by atoms with Crippen molar-refractivity contribution in [3.05, 3.63) is 29.3 Å². The highest BCUT2D eigenvalue weighted by molar-refractivity contribution is 5.50. The molecule has 1 spiro atoms. The van der Waals surface area contributed by atoms with Crippen molar-refractivity contribution in [2.45, 2.75) is 32.0 Å². The van der Waals surface area contributed by atoms with Crippen molar-refractivity contribution >= 4 is 6.41 Å². The topological polar surface area (TPSA) is 29.5 Å². The first-order chi connectivity index (χ1) is 9.80. The molecule has 2 aliphatic rings. The second-order valence-electron chi connectivity index (χ2n) is 6.19. The Balaban J connectivity index is 1.68. The van der Waals surface area contributed by atoms with E-state index >= 15 is 0 Å². The summed E-state index contributed by atoms with van der Waals surface area (Å²) in [4.78, 5) is 12.3. The summed E-state index contributed by atoms with van der Waals surface area (Å²) in [7, 11) is 0. The molecule has 1 saturated carbocycles. The molecule has 21 heavy (non-hydrogen) atoms. The summed E-state index contributed by atoms with van der Waals surface area (Å²) in [6, 6.07) is 5.03. The van der Waals surface area contributed by atoms with Crippen molar-refractivity contribution < 1.29 is 22.7 Å². The van der Waals surface area contributed by atoms with Crippen LogP contribution in [0.25, 0.3) is 0 Å². The first-order valence-electron chi connectivity index (χ1n) is 6.86. The molecule has 1 aromatic rings. The van der Waals surface area contributed by atoms with Crippen LogP contribution in [-0.4, -0.2) is 30.8 Å². The van der Waals surface area contributed by atoms with E-state index in [1.165, 1.54) is 6.07 Å². The number of carbonyl (C=O) groups excluding carboxylic acids is 1. The van der Waals surface area contributed by atoms with Gasteiger partial charge in [0.05, 0.1) is 0 Å². The van der Waals surface area contributed by atoms with Gasteiger partial charge in [0.1, 0.15) is 5.75 Å². The number of hydrogen-bond donors (Lipinski definition) is 0. The lowest BCUT2D eigenvalue weighted by Gasteiger charge is -2.58. The molecule has 0 atom stereocenters. The first kappa shape index (κ1) is 14.2. The number of benzene rings is 1. The summed E-state index contributed by atoms with van der Waals surface area (Å²) >= 11 is 0. The first-order valence-corrected chi connectivity index (χ1v) is 6.86. The quantitative estimate of drug-likeness (QED) is 0.802. The van der Waals surface area contributed by atoms with E-state index in [0.717, 1.165) is 37.9 Å². The Kier molecular flexibility index (Phi) is 3.15. The fourth-order valence-electron chi connectivity index (χ4n) is 3.47. The van der Waals surface area contributed by atoms with Crippen LogP contribution in [0.1, 0.15) is 29.9 Å². The van der Waals surface area contributed by atoms with E-state index in [9.17, 15) is 18.0 Å². The molecule has 3 nitrogen and oxygen atoms in total. The summed E-state index contributed by atoms with van der Waals surface area (Å²) in [6.45, 7) is 3.14. The standard InChI is InChI=1S/C15H16F3NO2/c1-10-2-3-11(4-13(10)21-15(16,17)18)12-5-14(6-12)7-19(8-14)9-20/h2-4,9,12H,5-8H2,1H3. The van der Waals surface area contributed by atoms with Gasteiger partial charge in [0.25, 0.3) is 0 Å². The van der Waals surface area contributed by atoms with Crippen molar-refractivity contribution in [3.8, 4) is 5.75 Å². The van der Waals surface area contributed by atoms with Gasteiger partial charge in [-0.25, -0.2) is 0 Å². The van der Waals surface area contributed by atoms with E-state index in [0.29, 0.717) is 5.56 Å². The van der Waals surface area contributed by atoms with Crippen LogP contribution in [0.2, 0.25) is 0 Å². The molecule has 2 fully saturated rings. The largest absolute Gasteiger partial charge is 0.573 e. The minimum atomic E-state index is -4.66. The summed E-state index contributed by atoms with van der Waals surface area (Å²) < 4.78 is 41.1. The SMILES string of the molecule is Cc1ccc(C2CC3(C2)CN(C=O)C3)cc1OC(F)(F)F. The molecule has 1 aliphatic heterocycles. The van der Waals surface area contributed by atoms with Crippen molar-refractivity contribution in [1.29, 1.82) is 0 Å². The maximum absolute atomic E-state index is 12.4. The third-order valence-electron chi connectivity index (χ3n) is 4.49. The maximum Gasteiger partial charge on any atom is 0.573 e. The smallest absolute Gasteiger partial charge is 0.406 e. The van der Waals surface area contributed by atoms with Crippen molar-refractivity contribution in [2.24, 2.45) is 5.41 Å². The van der Waals surface area contributed by atoms with Crippen molar-refractivity contribution in [2.75, 3.05) is 13.1 Å². The molecule has 6 heteroatoms. The Bertz CT molecular complexity index is 557. The Morgan fingerprint density at radius 1 is 1.33 bits per heavy atom. The highest BCUT2D eigenvalue weighted by Gasteiger charge is 2.52. The van der Waals surface area contributed by atoms with Crippen LogP contribution < -0.4 is 4.74 Å². The molecule has 0 unspecified atom stereocenters. The minimum absolute atomic E-state index is 0.121. The van der Waals surface area contributed by atoms with Crippen molar-refractivity contribution in [1.82, 2.24) is 4.90 Å². The van der Waals surface area contributed by atoms with Gasteiger partial charge in [-0.05, 0) is 42.9 Å². The van der Waals surface area contributed by atoms with E-state index in [1.54, 1.807) is 17.9 Å². The van der Waals surface area contributed by atoms with Crippen LogP contribution >= 0.6 is 0 Å². The number of carbonyl (C=O) groups is 1. The van der Waals surface area contributed by atoms with Crippen LogP contribution in [0.15, 0.2) is 18.2 Å². The van der Waals surface area contributed by atoms with E-state index < -0.39 is 6.36 Å². The van der Waals surface area contributed by atoms with E-state index in [1.807, 2.05) is 6.07 Å². The number of nitrogens with zero attached hydrogens (tertiary/aromatic N) is 1. The predicted octanol–water partition coefficient (Wildman–Crippen LogP) is 3.23. The second kappa shape index (κ2) is 4.64. The van der Waals surface area contributed by atoms with E-state index in [4.69, 9.17) is 0 Å². The zero-order valence-electron chi connectivity index (χ0n) is 11.6. The predicted molar refractivity (Wildman–Crippen MR) is 69.9 cm³/mol. The number of likely N-dealkylation sites (tertiary alicyclic amines) is 1. The molecule has 1 aromatic carbocycles. The molecular formula is C15H16F3NO2. The molecule has 0 aromatic heterocycles. The summed E-state index contributed by atoms with van der Waals surface area (Å²) in [6.07, 6.45) is -1.97. The molecule has 1 saturated heterocycles. The highest BCUT2D eigenvalue weighted by atomic mass is 19.4. The third-order valence-corrected chi connectivity index (χ3v) is 4.49. The number of hydrogen-bond acceptors (Lipinski definition) is 2. The van der Waals surface area contributed by atoms with E-state index in [-0.39, 0.29) is 17.1 Å². The summed E-state index contributed by atoms with van der Waals surface area (Å²) in [5, 5.41) is 0. The number of alkyl halides is 3. The van der Waals surface area contributed by atoms with Gasteiger partial charge in [-0.3, -0.25) is 4.79 Å². The second-order valence-corrected chi connectivity index (χ2v) is 6.19. The molecular weight excluding hydrogens is 283 g/mol. The maximum atomic E-state index is 12.4. The lowest BCUT2D eigenvalue weighted by atomic mass is 9.56. The monoisotopic (exact) mass is 299 g/mol. The summed E-state index contributed by atoms with van der Waals surface area (Å²) in [5.74, 6) is 0.138. The fourth-order valence-corrected chi connectivity index (χ4v) is 3.47.